The van der Waals surface area contributed by atoms with E-state index in [4.69, 9.17) is 0 Å². The molecule has 0 saturated carbocycles. The molecule has 3 heterocycles. The number of nitrogens with zero attached hydrogens (tertiary/aromatic N) is 3. The van der Waals surface area contributed by atoms with Crippen LogP contribution in [0.5, 0.6) is 0 Å². The van der Waals surface area contributed by atoms with Gasteiger partial charge in [0.1, 0.15) is 4.90 Å². The lowest BCUT2D eigenvalue weighted by atomic mass is 9.95. The van der Waals surface area contributed by atoms with Gasteiger partial charge in [0.15, 0.2) is 0 Å². The first-order chi connectivity index (χ1) is 11.5. The molecule has 0 unspecified atom stereocenters. The first kappa shape index (κ1) is 23.1. The number of carbonyl (C=O) groups is 1. The SMILES string of the molecule is C[C@@H]1CNCCN1C(=O)C1CCN(S(=O)(=O)c2cccnc2)CC1.Cl.Cl. The fourth-order valence-electron chi connectivity index (χ4n) is 3.39. The molecule has 1 N–H and O–H groups in total. The Hall–Kier alpha value is -0.930. The van der Waals surface area contributed by atoms with Gasteiger partial charge in [-0.2, -0.15) is 4.31 Å². The van der Waals surface area contributed by atoms with Crippen LogP contribution in [0.1, 0.15) is 19.8 Å². The van der Waals surface area contributed by atoms with Crippen molar-refractivity contribution < 1.29 is 13.2 Å². The van der Waals surface area contributed by atoms with Crippen LogP contribution >= 0.6 is 24.8 Å². The lowest BCUT2D eigenvalue weighted by molar-refractivity contribution is -0.139. The minimum absolute atomic E-state index is 0. The summed E-state index contributed by atoms with van der Waals surface area (Å²) in [6.07, 6.45) is 4.08. The summed E-state index contributed by atoms with van der Waals surface area (Å²) in [4.78, 5) is 18.7. The number of amides is 1. The van der Waals surface area contributed by atoms with E-state index in [1.165, 1.54) is 10.5 Å². The number of hydrogen-bond acceptors (Lipinski definition) is 5. The smallest absolute Gasteiger partial charge is 0.244 e. The second kappa shape index (κ2) is 9.85. The molecule has 0 bridgehead atoms. The molecule has 1 atom stereocenters. The fourth-order valence-corrected chi connectivity index (χ4v) is 4.83. The van der Waals surface area contributed by atoms with Crippen LogP contribution in [-0.2, 0) is 14.8 Å². The van der Waals surface area contributed by atoms with E-state index in [0.29, 0.717) is 25.9 Å². The highest BCUT2D eigenvalue weighted by molar-refractivity contribution is 7.89. The summed E-state index contributed by atoms with van der Waals surface area (Å²) in [5.41, 5.74) is 0. The molecule has 3 rings (SSSR count). The molecular weight excluding hydrogens is 399 g/mol. The van der Waals surface area contributed by atoms with E-state index in [2.05, 4.69) is 10.3 Å². The van der Waals surface area contributed by atoms with Crippen LogP contribution in [0.3, 0.4) is 0 Å². The quantitative estimate of drug-likeness (QED) is 0.786. The van der Waals surface area contributed by atoms with E-state index in [1.807, 2.05) is 11.8 Å². The average Bonchev–Trinajstić information content (AvgIpc) is 2.62. The molecule has 7 nitrogen and oxygen atoms in total. The molecule has 2 saturated heterocycles. The second-order valence-electron chi connectivity index (χ2n) is 6.45. The fraction of sp³-hybridized carbons (Fsp3) is 0.625. The number of carbonyl (C=O) groups excluding carboxylic acids is 1. The molecule has 2 fully saturated rings. The highest BCUT2D eigenvalue weighted by Crippen LogP contribution is 2.25. The normalized spacial score (nSPS) is 22.2. The van der Waals surface area contributed by atoms with Crippen LogP contribution in [0.4, 0.5) is 0 Å². The van der Waals surface area contributed by atoms with E-state index < -0.39 is 10.0 Å². The standard InChI is InChI=1S/C16H24N4O3S.2ClH/c1-13-11-18-7-10-20(13)16(21)14-4-8-19(9-5-14)24(22,23)15-3-2-6-17-12-15;;/h2-3,6,12-14,18H,4-5,7-11H2,1H3;2*1H/t13-;;/m1../s1. The average molecular weight is 425 g/mol. The number of pyridine rings is 1. The number of rotatable bonds is 3. The van der Waals surface area contributed by atoms with Crippen molar-refractivity contribution in [3.63, 3.8) is 0 Å². The summed E-state index contributed by atoms with van der Waals surface area (Å²) < 4.78 is 26.7. The molecular formula is C16H26Cl2N4O3S. The highest BCUT2D eigenvalue weighted by atomic mass is 35.5. The van der Waals surface area contributed by atoms with Gasteiger partial charge in [-0.05, 0) is 31.9 Å². The van der Waals surface area contributed by atoms with Crippen LogP contribution in [0.2, 0.25) is 0 Å². The Bertz CT molecular complexity index is 682. The van der Waals surface area contributed by atoms with Crippen molar-refractivity contribution in [2.45, 2.75) is 30.7 Å². The molecule has 0 aromatic carbocycles. The van der Waals surface area contributed by atoms with Crippen molar-refractivity contribution in [3.8, 4) is 0 Å². The molecule has 0 aliphatic carbocycles. The Morgan fingerprint density at radius 3 is 2.50 bits per heavy atom. The molecule has 2 aliphatic heterocycles. The maximum absolute atomic E-state index is 12.7. The molecule has 148 valence electrons. The predicted octanol–water partition coefficient (Wildman–Crippen LogP) is 1.15. The van der Waals surface area contributed by atoms with Crippen LogP contribution in [-0.4, -0.2) is 67.3 Å². The van der Waals surface area contributed by atoms with Crippen LogP contribution < -0.4 is 5.32 Å². The van der Waals surface area contributed by atoms with Crippen LogP contribution in [0.25, 0.3) is 0 Å². The highest BCUT2D eigenvalue weighted by Gasteiger charge is 2.35. The number of sulfonamides is 1. The maximum Gasteiger partial charge on any atom is 0.244 e. The van der Waals surface area contributed by atoms with E-state index in [1.54, 1.807) is 18.3 Å². The van der Waals surface area contributed by atoms with Gasteiger partial charge in [0.2, 0.25) is 15.9 Å². The Kier molecular flexibility index (Phi) is 8.75. The summed E-state index contributed by atoms with van der Waals surface area (Å²) in [5.74, 6) is 0.0910. The van der Waals surface area contributed by atoms with Gasteiger partial charge in [0.25, 0.3) is 0 Å². The second-order valence-corrected chi connectivity index (χ2v) is 8.39. The Morgan fingerprint density at radius 1 is 1.23 bits per heavy atom. The molecule has 1 aromatic heterocycles. The summed E-state index contributed by atoms with van der Waals surface area (Å²) in [6.45, 7) is 5.19. The number of piperazine rings is 1. The largest absolute Gasteiger partial charge is 0.337 e. The minimum Gasteiger partial charge on any atom is -0.337 e. The van der Waals surface area contributed by atoms with Crippen LogP contribution in [0.15, 0.2) is 29.4 Å². The van der Waals surface area contributed by atoms with Crippen molar-refractivity contribution in [2.75, 3.05) is 32.7 Å². The van der Waals surface area contributed by atoms with Crippen LogP contribution in [0, 0.1) is 5.92 Å². The summed E-state index contributed by atoms with van der Waals surface area (Å²) in [5, 5.41) is 3.28. The van der Waals surface area contributed by atoms with Crippen molar-refractivity contribution in [1.29, 1.82) is 0 Å². The van der Waals surface area contributed by atoms with Gasteiger partial charge in [-0.3, -0.25) is 9.78 Å². The summed E-state index contributed by atoms with van der Waals surface area (Å²) >= 11 is 0. The number of nitrogens with one attached hydrogen (secondary N) is 1. The van der Waals surface area contributed by atoms with Gasteiger partial charge >= 0.3 is 0 Å². The topological polar surface area (TPSA) is 82.6 Å². The Balaban J connectivity index is 0.00000169. The van der Waals surface area contributed by atoms with E-state index >= 15 is 0 Å². The third-order valence-electron chi connectivity index (χ3n) is 4.86. The van der Waals surface area contributed by atoms with Crippen molar-refractivity contribution in [1.82, 2.24) is 19.5 Å². The molecule has 0 spiro atoms. The number of aromatic nitrogens is 1. The molecule has 1 amide bonds. The maximum atomic E-state index is 12.7. The Labute approximate surface area is 167 Å². The molecule has 0 radical (unpaired) electrons. The lowest BCUT2D eigenvalue weighted by Crippen LogP contribution is -2.55. The van der Waals surface area contributed by atoms with E-state index in [0.717, 1.165) is 19.6 Å². The lowest BCUT2D eigenvalue weighted by Gasteiger charge is -2.38. The molecule has 10 heteroatoms. The predicted molar refractivity (Wildman–Crippen MR) is 104 cm³/mol. The Morgan fingerprint density at radius 2 is 1.92 bits per heavy atom. The van der Waals surface area contributed by atoms with Gasteiger partial charge in [0, 0.05) is 57.1 Å². The van der Waals surface area contributed by atoms with Crippen molar-refractivity contribution in [3.05, 3.63) is 24.5 Å². The third kappa shape index (κ3) is 4.86. The van der Waals surface area contributed by atoms with E-state index in [9.17, 15) is 13.2 Å². The zero-order chi connectivity index (χ0) is 17.2. The zero-order valence-corrected chi connectivity index (χ0v) is 17.2. The summed E-state index contributed by atoms with van der Waals surface area (Å²) in [7, 11) is -3.51. The van der Waals surface area contributed by atoms with Crippen molar-refractivity contribution >= 4 is 40.7 Å². The van der Waals surface area contributed by atoms with Gasteiger partial charge in [-0.15, -0.1) is 24.8 Å². The molecule has 26 heavy (non-hydrogen) atoms. The van der Waals surface area contributed by atoms with Gasteiger partial charge in [-0.1, -0.05) is 0 Å². The zero-order valence-electron chi connectivity index (χ0n) is 14.7. The monoisotopic (exact) mass is 424 g/mol. The van der Waals surface area contributed by atoms with Gasteiger partial charge in [0.05, 0.1) is 0 Å². The number of piperidine rings is 1. The first-order valence-corrected chi connectivity index (χ1v) is 9.85. The summed E-state index contributed by atoms with van der Waals surface area (Å²) in [6, 6.07) is 3.38. The number of hydrogen-bond donors (Lipinski definition) is 1. The first-order valence-electron chi connectivity index (χ1n) is 8.41. The minimum atomic E-state index is -3.51. The third-order valence-corrected chi connectivity index (χ3v) is 6.74. The van der Waals surface area contributed by atoms with Gasteiger partial charge in [-0.25, -0.2) is 8.42 Å². The van der Waals surface area contributed by atoms with Crippen molar-refractivity contribution in [2.24, 2.45) is 5.92 Å². The van der Waals surface area contributed by atoms with Gasteiger partial charge < -0.3 is 10.2 Å². The molecule has 1 aromatic rings. The molecule has 2 aliphatic rings. The number of halogens is 2. The van der Waals surface area contributed by atoms with E-state index in [-0.39, 0.29) is 47.6 Å².